The number of aromatic nitrogens is 1. The number of hydrogen-bond acceptors (Lipinski definition) is 3. The van der Waals surface area contributed by atoms with E-state index in [-0.39, 0.29) is 18.5 Å². The van der Waals surface area contributed by atoms with Crippen molar-refractivity contribution in [3.05, 3.63) is 47.2 Å². The van der Waals surface area contributed by atoms with Crippen molar-refractivity contribution in [1.82, 2.24) is 9.88 Å². The molecule has 0 bridgehead atoms. The third-order valence-electron chi connectivity index (χ3n) is 4.68. The molecule has 5 nitrogen and oxygen atoms in total. The van der Waals surface area contributed by atoms with Gasteiger partial charge in [0.15, 0.2) is 0 Å². The van der Waals surface area contributed by atoms with E-state index in [0.717, 1.165) is 16.9 Å². The first-order chi connectivity index (χ1) is 11.9. The number of hydrogen-bond donors (Lipinski definition) is 2. The Kier molecular flexibility index (Phi) is 6.00. The Bertz CT molecular complexity index is 784. The molecule has 1 aromatic heterocycles. The summed E-state index contributed by atoms with van der Waals surface area (Å²) in [6.45, 7) is 10.3. The highest BCUT2D eigenvalue weighted by atomic mass is 16.2. The molecule has 0 spiro atoms. The summed E-state index contributed by atoms with van der Waals surface area (Å²) < 4.78 is 1.93. The molecule has 2 rings (SSSR count). The Labute approximate surface area is 149 Å². The van der Waals surface area contributed by atoms with Gasteiger partial charge in [-0.15, -0.1) is 0 Å². The normalized spacial score (nSPS) is 12.0. The van der Waals surface area contributed by atoms with E-state index in [1.165, 1.54) is 0 Å². The molecule has 0 aliphatic carbocycles. The fraction of sp³-hybridized carbons (Fsp3) is 0.400. The van der Waals surface area contributed by atoms with E-state index in [1.807, 2.05) is 48.7 Å². The summed E-state index contributed by atoms with van der Waals surface area (Å²) in [4.78, 5) is 12.4. The molecule has 0 fully saturated rings. The van der Waals surface area contributed by atoms with Crippen LogP contribution in [0, 0.1) is 31.1 Å². The van der Waals surface area contributed by atoms with Crippen LogP contribution in [0.25, 0.3) is 5.69 Å². The summed E-state index contributed by atoms with van der Waals surface area (Å²) in [7, 11) is 0. The van der Waals surface area contributed by atoms with Crippen LogP contribution in [0.5, 0.6) is 0 Å². The molecule has 2 N–H and O–H groups in total. The Morgan fingerprint density at radius 2 is 1.84 bits per heavy atom. The van der Waals surface area contributed by atoms with Crippen LogP contribution in [0.1, 0.15) is 37.6 Å². The number of anilines is 1. The van der Waals surface area contributed by atoms with Crippen molar-refractivity contribution in [3.8, 4) is 11.8 Å². The van der Waals surface area contributed by atoms with Crippen LogP contribution in [0.2, 0.25) is 0 Å². The highest BCUT2D eigenvalue weighted by Gasteiger charge is 2.20. The molecule has 2 aromatic rings. The second kappa shape index (κ2) is 8.00. The van der Waals surface area contributed by atoms with Gasteiger partial charge in [0.05, 0.1) is 12.1 Å². The minimum absolute atomic E-state index is 0.154. The minimum atomic E-state index is -0.154. The molecule has 1 atom stereocenters. The highest BCUT2D eigenvalue weighted by molar-refractivity contribution is 5.93. The molecule has 0 aliphatic rings. The molecule has 0 unspecified atom stereocenters. The fourth-order valence-electron chi connectivity index (χ4n) is 2.63. The molecule has 0 radical (unpaired) electrons. The fourth-order valence-corrected chi connectivity index (χ4v) is 2.63. The number of nitrogens with one attached hydrogen (secondary N) is 2. The summed E-state index contributed by atoms with van der Waals surface area (Å²) >= 11 is 0. The van der Waals surface area contributed by atoms with Crippen molar-refractivity contribution >= 4 is 11.7 Å². The molecule has 1 aromatic carbocycles. The van der Waals surface area contributed by atoms with Crippen LogP contribution in [0.4, 0.5) is 5.82 Å². The lowest BCUT2D eigenvalue weighted by molar-refractivity contribution is -0.115. The van der Waals surface area contributed by atoms with Gasteiger partial charge in [0.2, 0.25) is 5.91 Å². The zero-order valence-electron chi connectivity index (χ0n) is 15.6. The SMILES string of the molecule is Cc1c(C#N)c(NC(=O)CN[C@@H](C)C(C)C)n(-c2ccccc2)c1C. The van der Waals surface area contributed by atoms with E-state index in [0.29, 0.717) is 17.3 Å². The number of para-hydroxylation sites is 1. The third kappa shape index (κ3) is 4.09. The van der Waals surface area contributed by atoms with E-state index in [4.69, 9.17) is 0 Å². The molecular weight excluding hydrogens is 312 g/mol. The van der Waals surface area contributed by atoms with E-state index in [1.54, 1.807) is 0 Å². The minimum Gasteiger partial charge on any atom is -0.310 e. The molecule has 132 valence electrons. The van der Waals surface area contributed by atoms with Crippen LogP contribution < -0.4 is 10.6 Å². The van der Waals surface area contributed by atoms with E-state index < -0.39 is 0 Å². The average molecular weight is 338 g/mol. The molecule has 1 amide bonds. The maximum absolute atomic E-state index is 12.4. The maximum Gasteiger partial charge on any atom is 0.239 e. The quantitative estimate of drug-likeness (QED) is 0.846. The number of rotatable bonds is 6. The van der Waals surface area contributed by atoms with E-state index in [9.17, 15) is 10.1 Å². The maximum atomic E-state index is 12.4. The van der Waals surface area contributed by atoms with Crippen molar-refractivity contribution in [2.45, 2.75) is 40.7 Å². The van der Waals surface area contributed by atoms with Gasteiger partial charge in [-0.1, -0.05) is 32.0 Å². The topological polar surface area (TPSA) is 69.8 Å². The van der Waals surface area contributed by atoms with Crippen molar-refractivity contribution in [1.29, 1.82) is 5.26 Å². The number of carbonyl (C=O) groups is 1. The summed E-state index contributed by atoms with van der Waals surface area (Å²) in [5.74, 6) is 0.825. The monoisotopic (exact) mass is 338 g/mol. The van der Waals surface area contributed by atoms with Gasteiger partial charge in [0.25, 0.3) is 0 Å². The van der Waals surface area contributed by atoms with Gasteiger partial charge in [-0.2, -0.15) is 5.26 Å². The zero-order valence-corrected chi connectivity index (χ0v) is 15.6. The molecule has 0 saturated carbocycles. The molecule has 0 saturated heterocycles. The largest absolute Gasteiger partial charge is 0.310 e. The first kappa shape index (κ1) is 18.8. The molecule has 1 heterocycles. The van der Waals surface area contributed by atoms with Gasteiger partial charge in [-0.05, 0) is 44.4 Å². The van der Waals surface area contributed by atoms with Gasteiger partial charge in [0, 0.05) is 17.4 Å². The first-order valence-electron chi connectivity index (χ1n) is 8.57. The standard InChI is InChI=1S/C20H26N4O/c1-13(2)15(4)22-12-19(25)23-20-18(11-21)14(3)16(5)24(20)17-9-7-6-8-10-17/h6-10,13,15,22H,12H2,1-5H3,(H,23,25)/t15-/m0/s1. The molecule has 5 heteroatoms. The highest BCUT2D eigenvalue weighted by Crippen LogP contribution is 2.29. The van der Waals surface area contributed by atoms with Crippen LogP contribution >= 0.6 is 0 Å². The summed E-state index contributed by atoms with van der Waals surface area (Å²) in [6.07, 6.45) is 0. The Morgan fingerprint density at radius 3 is 2.40 bits per heavy atom. The number of nitriles is 1. The molecule has 25 heavy (non-hydrogen) atoms. The van der Waals surface area contributed by atoms with Crippen molar-refractivity contribution < 1.29 is 4.79 Å². The molecular formula is C20H26N4O. The Morgan fingerprint density at radius 1 is 1.20 bits per heavy atom. The number of benzene rings is 1. The lowest BCUT2D eigenvalue weighted by Gasteiger charge is -2.18. The van der Waals surface area contributed by atoms with Crippen LogP contribution in [0.3, 0.4) is 0 Å². The first-order valence-corrected chi connectivity index (χ1v) is 8.57. The van der Waals surface area contributed by atoms with E-state index >= 15 is 0 Å². The smallest absolute Gasteiger partial charge is 0.239 e. The number of amides is 1. The third-order valence-corrected chi connectivity index (χ3v) is 4.68. The van der Waals surface area contributed by atoms with Crippen LogP contribution in [0.15, 0.2) is 30.3 Å². The van der Waals surface area contributed by atoms with Crippen LogP contribution in [-0.4, -0.2) is 23.1 Å². The molecule has 0 aliphatic heterocycles. The van der Waals surface area contributed by atoms with Gasteiger partial charge >= 0.3 is 0 Å². The summed E-state index contributed by atoms with van der Waals surface area (Å²) in [6, 6.07) is 12.2. The van der Waals surface area contributed by atoms with E-state index in [2.05, 4.69) is 37.5 Å². The lowest BCUT2D eigenvalue weighted by atomic mass is 10.1. The zero-order chi connectivity index (χ0) is 18.6. The van der Waals surface area contributed by atoms with Gasteiger partial charge in [0.1, 0.15) is 11.9 Å². The van der Waals surface area contributed by atoms with Crippen LogP contribution in [-0.2, 0) is 4.79 Å². The number of carbonyl (C=O) groups excluding carboxylic acids is 1. The summed E-state index contributed by atoms with van der Waals surface area (Å²) in [5.41, 5.74) is 3.25. The predicted octanol–water partition coefficient (Wildman–Crippen LogP) is 3.54. The van der Waals surface area contributed by atoms with Gasteiger partial charge in [-0.25, -0.2) is 0 Å². The van der Waals surface area contributed by atoms with Crippen molar-refractivity contribution in [2.24, 2.45) is 5.92 Å². The Balaban J connectivity index is 2.32. The van der Waals surface area contributed by atoms with Gasteiger partial charge < -0.3 is 10.6 Å². The Hall–Kier alpha value is -2.58. The predicted molar refractivity (Wildman–Crippen MR) is 101 cm³/mol. The lowest BCUT2D eigenvalue weighted by Crippen LogP contribution is -2.37. The number of nitrogens with zero attached hydrogens (tertiary/aromatic N) is 2. The van der Waals surface area contributed by atoms with Gasteiger partial charge in [-0.3, -0.25) is 9.36 Å². The van der Waals surface area contributed by atoms with Crippen molar-refractivity contribution in [2.75, 3.05) is 11.9 Å². The van der Waals surface area contributed by atoms with Crippen molar-refractivity contribution in [3.63, 3.8) is 0 Å². The second-order valence-corrected chi connectivity index (χ2v) is 6.68. The summed E-state index contributed by atoms with van der Waals surface area (Å²) in [5, 5.41) is 15.7. The second-order valence-electron chi connectivity index (χ2n) is 6.68. The average Bonchev–Trinajstić information content (AvgIpc) is 2.83.